The van der Waals surface area contributed by atoms with Crippen LogP contribution >= 0.6 is 0 Å². The minimum absolute atomic E-state index is 0.747. The molecule has 6 heteroatoms. The van der Waals surface area contributed by atoms with Gasteiger partial charge in [0.25, 0.3) is 0 Å². The van der Waals surface area contributed by atoms with E-state index in [9.17, 15) is 0 Å². The lowest BCUT2D eigenvalue weighted by Gasteiger charge is -2.04. The normalized spacial score (nSPS) is 11.3. The van der Waals surface area contributed by atoms with Gasteiger partial charge < -0.3 is 0 Å². The third-order valence-corrected chi connectivity index (χ3v) is 5.15. The topological polar surface area (TPSA) is 68.3 Å². The zero-order valence-electron chi connectivity index (χ0n) is 15.8. The van der Waals surface area contributed by atoms with Crippen LogP contribution in [0.25, 0.3) is 49.8 Å². The van der Waals surface area contributed by atoms with Crippen molar-refractivity contribution < 1.29 is 4.68 Å². The van der Waals surface area contributed by atoms with Crippen LogP contribution in [0.4, 0.5) is 0 Å². The first-order chi connectivity index (χ1) is 14.8. The lowest BCUT2D eigenvalue weighted by atomic mass is 10.1. The average Bonchev–Trinajstić information content (AvgIpc) is 2.82. The second-order valence-corrected chi connectivity index (χ2v) is 7.04. The largest absolute Gasteiger partial charge is 0.253 e. The molecule has 6 nitrogen and oxygen atoms in total. The number of hydrogen-bond acceptors (Lipinski definition) is 5. The van der Waals surface area contributed by atoms with E-state index in [0.717, 1.165) is 49.8 Å². The second-order valence-electron chi connectivity index (χ2n) is 7.04. The summed E-state index contributed by atoms with van der Waals surface area (Å²) in [5.74, 6) is 0. The smallest absolute Gasteiger partial charge is 0.240 e. The van der Waals surface area contributed by atoms with Gasteiger partial charge in [-0.05, 0) is 41.5 Å². The molecule has 6 aromatic rings. The molecule has 6 rings (SSSR count). The van der Waals surface area contributed by atoms with E-state index in [0.29, 0.717) is 0 Å². The predicted molar refractivity (Wildman–Crippen MR) is 115 cm³/mol. The fourth-order valence-corrected chi connectivity index (χ4v) is 3.60. The molecule has 0 saturated heterocycles. The van der Waals surface area contributed by atoms with Gasteiger partial charge in [-0.25, -0.2) is 9.97 Å². The van der Waals surface area contributed by atoms with Gasteiger partial charge in [0, 0.05) is 47.1 Å². The molecule has 2 aromatic carbocycles. The van der Waals surface area contributed by atoms with Crippen molar-refractivity contribution in [1.82, 2.24) is 25.0 Å². The lowest BCUT2D eigenvalue weighted by molar-refractivity contribution is -0.658. The van der Waals surface area contributed by atoms with Gasteiger partial charge in [0.2, 0.25) is 11.9 Å². The van der Waals surface area contributed by atoms with Crippen LogP contribution in [0.5, 0.6) is 0 Å². The highest BCUT2D eigenvalue weighted by atomic mass is 15.3. The summed E-state index contributed by atoms with van der Waals surface area (Å²) in [6.07, 6.45) is 9.05. The van der Waals surface area contributed by atoms with E-state index in [4.69, 9.17) is 4.98 Å². The summed E-state index contributed by atoms with van der Waals surface area (Å²) >= 11 is 0. The highest BCUT2D eigenvalue weighted by Gasteiger charge is 2.12. The molecule has 0 spiro atoms. The number of pyridine rings is 2. The number of hydrogen-bond donors (Lipinski definition) is 0. The molecular formula is C24H15N6+. The van der Waals surface area contributed by atoms with Gasteiger partial charge in [-0.3, -0.25) is 9.97 Å². The SMILES string of the molecule is c1cnc2nc(-c3ccc4cn[n+](-c5ccc6nccnc6c5)cc4c3)ccc2c1. The Bertz CT molecular complexity index is 1450. The van der Waals surface area contributed by atoms with Crippen molar-refractivity contribution in [1.29, 1.82) is 0 Å². The molecule has 0 atom stereocenters. The zero-order valence-corrected chi connectivity index (χ0v) is 15.8. The fraction of sp³-hybridized carbons (Fsp3) is 0. The summed E-state index contributed by atoms with van der Waals surface area (Å²) in [6.45, 7) is 0. The van der Waals surface area contributed by atoms with Crippen molar-refractivity contribution in [2.45, 2.75) is 0 Å². The van der Waals surface area contributed by atoms with Crippen LogP contribution in [-0.2, 0) is 0 Å². The summed E-state index contributed by atoms with van der Waals surface area (Å²) in [6, 6.07) is 20.2. The molecule has 0 aliphatic heterocycles. The molecule has 0 unspecified atom stereocenters. The summed E-state index contributed by atoms with van der Waals surface area (Å²) in [5, 5.41) is 7.74. The van der Waals surface area contributed by atoms with Gasteiger partial charge in [-0.15, -0.1) is 0 Å². The highest BCUT2D eigenvalue weighted by molar-refractivity contribution is 5.86. The highest BCUT2D eigenvalue weighted by Crippen LogP contribution is 2.24. The van der Waals surface area contributed by atoms with Gasteiger partial charge >= 0.3 is 0 Å². The minimum Gasteiger partial charge on any atom is -0.253 e. The second kappa shape index (κ2) is 6.63. The molecule has 0 amide bonds. The van der Waals surface area contributed by atoms with Crippen LogP contribution in [0, 0.1) is 0 Å². The average molecular weight is 387 g/mol. The van der Waals surface area contributed by atoms with E-state index in [1.807, 2.05) is 53.5 Å². The van der Waals surface area contributed by atoms with Crippen molar-refractivity contribution >= 4 is 32.8 Å². The Hall–Kier alpha value is -4.32. The van der Waals surface area contributed by atoms with Crippen LogP contribution in [0.3, 0.4) is 0 Å². The number of aromatic nitrogens is 6. The standard InChI is InChI=1S/C24H15N6/c1-2-16-5-7-21(29-24(16)27-9-1)17-3-4-18-14-28-30(15-19(18)12-17)20-6-8-22-23(13-20)26-11-10-25-22/h1-15H/q+1. The van der Waals surface area contributed by atoms with Crippen molar-refractivity contribution in [3.63, 3.8) is 0 Å². The van der Waals surface area contributed by atoms with Crippen LogP contribution in [-0.4, -0.2) is 25.0 Å². The Morgan fingerprint density at radius 3 is 2.53 bits per heavy atom. The molecule has 30 heavy (non-hydrogen) atoms. The Morgan fingerprint density at radius 1 is 0.667 bits per heavy atom. The van der Waals surface area contributed by atoms with Gasteiger partial charge in [-0.2, -0.15) is 0 Å². The number of rotatable bonds is 2. The Labute approximate surface area is 171 Å². The molecule has 0 N–H and O–H groups in total. The van der Waals surface area contributed by atoms with Gasteiger partial charge in [0.1, 0.15) is 6.20 Å². The first-order valence-corrected chi connectivity index (χ1v) is 9.59. The molecule has 0 bridgehead atoms. The van der Waals surface area contributed by atoms with E-state index in [2.05, 4.69) is 44.3 Å². The molecule has 0 fully saturated rings. The third-order valence-electron chi connectivity index (χ3n) is 5.15. The van der Waals surface area contributed by atoms with Gasteiger partial charge in [0.05, 0.1) is 22.1 Å². The fourth-order valence-electron chi connectivity index (χ4n) is 3.60. The van der Waals surface area contributed by atoms with Crippen molar-refractivity contribution in [3.05, 3.63) is 91.6 Å². The molecule has 0 radical (unpaired) electrons. The van der Waals surface area contributed by atoms with Crippen LogP contribution < -0.4 is 4.68 Å². The van der Waals surface area contributed by atoms with Crippen molar-refractivity contribution in [2.24, 2.45) is 0 Å². The maximum atomic E-state index is 4.72. The summed E-state index contributed by atoms with van der Waals surface area (Å²) in [7, 11) is 0. The van der Waals surface area contributed by atoms with E-state index in [-0.39, 0.29) is 0 Å². The van der Waals surface area contributed by atoms with E-state index >= 15 is 0 Å². The monoisotopic (exact) mass is 387 g/mol. The van der Waals surface area contributed by atoms with Gasteiger partial charge in [0.15, 0.2) is 5.65 Å². The molecule has 0 aliphatic rings. The number of fused-ring (bicyclic) bond motifs is 3. The number of benzene rings is 2. The first kappa shape index (κ1) is 16.6. The predicted octanol–water partition coefficient (Wildman–Crippen LogP) is 4.06. The first-order valence-electron chi connectivity index (χ1n) is 9.59. The summed E-state index contributed by atoms with van der Waals surface area (Å²) < 4.78 is 1.86. The molecule has 4 heterocycles. The van der Waals surface area contributed by atoms with Crippen LogP contribution in [0.2, 0.25) is 0 Å². The van der Waals surface area contributed by atoms with E-state index in [1.165, 1.54) is 0 Å². The Balaban J connectivity index is 1.46. The van der Waals surface area contributed by atoms with Crippen LogP contribution in [0.1, 0.15) is 0 Å². The Kier molecular flexibility index (Phi) is 3.67. The minimum atomic E-state index is 0.747. The molecule has 0 aliphatic carbocycles. The summed E-state index contributed by atoms with van der Waals surface area (Å²) in [4.78, 5) is 17.8. The molecule has 140 valence electrons. The van der Waals surface area contributed by atoms with Crippen molar-refractivity contribution in [2.75, 3.05) is 0 Å². The van der Waals surface area contributed by atoms with Crippen molar-refractivity contribution in [3.8, 4) is 16.9 Å². The maximum Gasteiger partial charge on any atom is 0.240 e. The molecule has 4 aromatic heterocycles. The third kappa shape index (κ3) is 2.82. The lowest BCUT2D eigenvalue weighted by Crippen LogP contribution is -2.34. The quantitative estimate of drug-likeness (QED) is 0.419. The molecule has 0 saturated carbocycles. The molecular weight excluding hydrogens is 372 g/mol. The maximum absolute atomic E-state index is 4.72. The zero-order chi connectivity index (χ0) is 19.9. The van der Waals surface area contributed by atoms with E-state index < -0.39 is 0 Å². The van der Waals surface area contributed by atoms with Crippen LogP contribution in [0.15, 0.2) is 91.6 Å². The summed E-state index contributed by atoms with van der Waals surface area (Å²) in [5.41, 5.74) is 5.32. The van der Waals surface area contributed by atoms with E-state index in [1.54, 1.807) is 18.6 Å². The number of nitrogens with zero attached hydrogens (tertiary/aromatic N) is 6. The van der Waals surface area contributed by atoms with Gasteiger partial charge in [-0.1, -0.05) is 16.8 Å². The Morgan fingerprint density at radius 2 is 1.57 bits per heavy atom.